The van der Waals surface area contributed by atoms with E-state index in [1.165, 1.54) is 11.1 Å². The van der Waals surface area contributed by atoms with E-state index in [0.717, 1.165) is 18.5 Å². The normalized spacial score (nSPS) is 19.1. The van der Waals surface area contributed by atoms with E-state index >= 15 is 0 Å². The van der Waals surface area contributed by atoms with E-state index in [1.807, 2.05) is 19.1 Å². The fraction of sp³-hybridized carbons (Fsp3) is 0.625. The molecule has 1 unspecified atom stereocenters. The second-order valence-corrected chi connectivity index (χ2v) is 5.85. The summed E-state index contributed by atoms with van der Waals surface area (Å²) in [5.74, 6) is 0.680. The summed E-state index contributed by atoms with van der Waals surface area (Å²) in [6.45, 7) is 4.53. The van der Waals surface area contributed by atoms with Crippen molar-refractivity contribution < 1.29 is 17.9 Å². The van der Waals surface area contributed by atoms with Gasteiger partial charge in [-0.3, -0.25) is 4.90 Å². The van der Waals surface area contributed by atoms with E-state index in [0.29, 0.717) is 18.4 Å². The summed E-state index contributed by atoms with van der Waals surface area (Å²) < 4.78 is 42.4. The molecule has 1 aliphatic rings. The van der Waals surface area contributed by atoms with Crippen LogP contribution in [0.25, 0.3) is 0 Å². The third-order valence-electron chi connectivity index (χ3n) is 4.01. The van der Waals surface area contributed by atoms with Crippen molar-refractivity contribution >= 4 is 0 Å². The molecule has 0 bridgehead atoms. The average Bonchev–Trinajstić information content (AvgIpc) is 2.40. The van der Waals surface area contributed by atoms with Gasteiger partial charge in [0.15, 0.2) is 0 Å². The third-order valence-corrected chi connectivity index (χ3v) is 4.01. The first-order valence-electron chi connectivity index (χ1n) is 7.55. The lowest BCUT2D eigenvalue weighted by molar-refractivity contribution is -0.125. The monoisotopic (exact) mass is 316 g/mol. The Bertz CT molecular complexity index is 517. The Morgan fingerprint density at radius 2 is 2.05 bits per heavy atom. The van der Waals surface area contributed by atoms with Crippen molar-refractivity contribution in [1.82, 2.24) is 10.2 Å². The van der Waals surface area contributed by atoms with Crippen molar-refractivity contribution in [3.8, 4) is 5.75 Å². The van der Waals surface area contributed by atoms with Crippen molar-refractivity contribution in [1.29, 1.82) is 0 Å². The van der Waals surface area contributed by atoms with Gasteiger partial charge in [0.2, 0.25) is 0 Å². The van der Waals surface area contributed by atoms with Crippen LogP contribution < -0.4 is 10.1 Å². The Balaban J connectivity index is 2.18. The van der Waals surface area contributed by atoms with Gasteiger partial charge in [-0.2, -0.15) is 13.2 Å². The predicted octanol–water partition coefficient (Wildman–Crippen LogP) is 3.11. The summed E-state index contributed by atoms with van der Waals surface area (Å²) >= 11 is 0. The Morgan fingerprint density at radius 1 is 1.32 bits per heavy atom. The zero-order valence-electron chi connectivity index (χ0n) is 13.3. The van der Waals surface area contributed by atoms with E-state index in [4.69, 9.17) is 4.74 Å². The Kier molecular flexibility index (Phi) is 5.34. The molecule has 1 N–H and O–H groups in total. The lowest BCUT2D eigenvalue weighted by atomic mass is 9.93. The predicted molar refractivity (Wildman–Crippen MR) is 80.0 cm³/mol. The summed E-state index contributed by atoms with van der Waals surface area (Å²) in [4.78, 5) is 2.26. The number of halogens is 3. The topological polar surface area (TPSA) is 24.5 Å². The number of benzene rings is 1. The molecule has 0 aliphatic carbocycles. The van der Waals surface area contributed by atoms with Gasteiger partial charge < -0.3 is 10.1 Å². The summed E-state index contributed by atoms with van der Waals surface area (Å²) in [6, 6.07) is 4.40. The molecule has 0 fully saturated rings. The first-order chi connectivity index (χ1) is 10.3. The largest absolute Gasteiger partial charge is 0.494 e. The summed E-state index contributed by atoms with van der Waals surface area (Å²) in [6.07, 6.45) is -3.29. The maximum atomic E-state index is 12.3. The van der Waals surface area contributed by atoms with Gasteiger partial charge in [0.25, 0.3) is 0 Å². The fourth-order valence-corrected chi connectivity index (χ4v) is 2.72. The van der Waals surface area contributed by atoms with Gasteiger partial charge in [0.05, 0.1) is 13.2 Å². The number of rotatable bonds is 5. The molecule has 0 spiro atoms. The highest BCUT2D eigenvalue weighted by Crippen LogP contribution is 2.30. The van der Waals surface area contributed by atoms with Crippen molar-refractivity contribution in [2.45, 2.75) is 45.6 Å². The average molecular weight is 316 g/mol. The fourth-order valence-electron chi connectivity index (χ4n) is 2.72. The third kappa shape index (κ3) is 4.36. The molecule has 0 saturated heterocycles. The molecule has 0 saturated carbocycles. The molecular formula is C16H23F3N2O. The molecule has 22 heavy (non-hydrogen) atoms. The number of ether oxygens (including phenoxy) is 1. The quantitative estimate of drug-likeness (QED) is 0.903. The molecule has 1 atom stereocenters. The maximum Gasteiger partial charge on any atom is 0.401 e. The van der Waals surface area contributed by atoms with Crippen LogP contribution in [0, 0.1) is 0 Å². The lowest BCUT2D eigenvalue weighted by Gasteiger charge is -2.32. The molecule has 0 radical (unpaired) electrons. The van der Waals surface area contributed by atoms with Gasteiger partial charge in [-0.1, -0.05) is 6.07 Å². The van der Waals surface area contributed by atoms with E-state index in [9.17, 15) is 13.2 Å². The van der Waals surface area contributed by atoms with Gasteiger partial charge in [-0.25, -0.2) is 0 Å². The van der Waals surface area contributed by atoms with Gasteiger partial charge in [0.1, 0.15) is 5.75 Å². The van der Waals surface area contributed by atoms with Gasteiger partial charge >= 0.3 is 6.18 Å². The van der Waals surface area contributed by atoms with Crippen LogP contribution in [0.1, 0.15) is 30.5 Å². The number of hydrogen-bond donors (Lipinski definition) is 1. The van der Waals surface area contributed by atoms with Crippen LogP contribution in [0.5, 0.6) is 5.75 Å². The molecule has 1 aromatic rings. The van der Waals surface area contributed by atoms with Crippen LogP contribution in [0.2, 0.25) is 0 Å². The Hall–Kier alpha value is -1.27. The lowest BCUT2D eigenvalue weighted by Crippen LogP contribution is -2.35. The smallest absolute Gasteiger partial charge is 0.401 e. The minimum atomic E-state index is -4.20. The zero-order valence-corrected chi connectivity index (χ0v) is 13.3. The highest BCUT2D eigenvalue weighted by atomic mass is 19.4. The van der Waals surface area contributed by atoms with Crippen LogP contribution in [0.4, 0.5) is 13.2 Å². The minimum Gasteiger partial charge on any atom is -0.494 e. The van der Waals surface area contributed by atoms with Crippen molar-refractivity contribution in [2.75, 3.05) is 20.2 Å². The SMILES string of the molecule is CCOc1cc2c(cc1CNCC(F)(F)F)CC(C)N(C)C2. The van der Waals surface area contributed by atoms with E-state index in [2.05, 4.69) is 24.2 Å². The first-order valence-corrected chi connectivity index (χ1v) is 7.55. The summed E-state index contributed by atoms with van der Waals surface area (Å²) in [7, 11) is 2.08. The van der Waals surface area contributed by atoms with Crippen LogP contribution in [-0.4, -0.2) is 37.3 Å². The molecule has 1 aliphatic heterocycles. The molecule has 6 heteroatoms. The van der Waals surface area contributed by atoms with Gasteiger partial charge in [0, 0.05) is 24.7 Å². The molecular weight excluding hydrogens is 293 g/mol. The molecule has 2 rings (SSSR count). The highest BCUT2D eigenvalue weighted by Gasteiger charge is 2.27. The molecule has 124 valence electrons. The zero-order chi connectivity index (χ0) is 16.3. The summed E-state index contributed by atoms with van der Waals surface area (Å²) in [5, 5.41) is 2.45. The number of nitrogens with zero attached hydrogens (tertiary/aromatic N) is 1. The van der Waals surface area contributed by atoms with E-state index < -0.39 is 12.7 Å². The number of alkyl halides is 3. The molecule has 0 amide bonds. The first kappa shape index (κ1) is 17.1. The van der Waals surface area contributed by atoms with Crippen LogP contribution >= 0.6 is 0 Å². The summed E-state index contributed by atoms with van der Waals surface area (Å²) in [5.41, 5.74) is 3.20. The minimum absolute atomic E-state index is 0.159. The molecule has 0 aromatic heterocycles. The standard InChI is InChI=1S/C16H23F3N2O/c1-4-22-15-7-14-9-21(3)11(2)5-12(14)6-13(15)8-20-10-16(17,18)19/h6-7,11,20H,4-5,8-10H2,1-3H3. The number of fused-ring (bicyclic) bond motifs is 1. The van der Waals surface area contributed by atoms with Gasteiger partial charge in [-0.15, -0.1) is 0 Å². The second-order valence-electron chi connectivity index (χ2n) is 5.85. The van der Waals surface area contributed by atoms with Crippen LogP contribution in [-0.2, 0) is 19.5 Å². The van der Waals surface area contributed by atoms with Crippen molar-refractivity contribution in [3.05, 3.63) is 28.8 Å². The van der Waals surface area contributed by atoms with Crippen molar-refractivity contribution in [2.24, 2.45) is 0 Å². The van der Waals surface area contributed by atoms with E-state index in [1.54, 1.807) is 0 Å². The van der Waals surface area contributed by atoms with Gasteiger partial charge in [-0.05, 0) is 44.5 Å². The molecule has 1 aromatic carbocycles. The Morgan fingerprint density at radius 3 is 2.68 bits per heavy atom. The van der Waals surface area contributed by atoms with E-state index in [-0.39, 0.29) is 6.54 Å². The number of likely N-dealkylation sites (N-methyl/N-ethyl adjacent to an activating group) is 1. The highest BCUT2D eigenvalue weighted by molar-refractivity contribution is 5.44. The second kappa shape index (κ2) is 6.87. The molecule has 3 nitrogen and oxygen atoms in total. The molecule has 1 heterocycles. The number of nitrogens with one attached hydrogen (secondary N) is 1. The van der Waals surface area contributed by atoms with Crippen molar-refractivity contribution in [3.63, 3.8) is 0 Å². The maximum absolute atomic E-state index is 12.3. The van der Waals surface area contributed by atoms with Crippen LogP contribution in [0.3, 0.4) is 0 Å². The Labute approximate surface area is 129 Å². The number of hydrogen-bond acceptors (Lipinski definition) is 3. The van der Waals surface area contributed by atoms with Crippen LogP contribution in [0.15, 0.2) is 12.1 Å².